The minimum Gasteiger partial charge on any atom is -0.493 e. The molecule has 4 atom stereocenters. The molecule has 10 nitrogen and oxygen atoms in total. The molecule has 1 aromatic heterocycles. The number of nitrogens with one attached hydrogen (secondary N) is 1. The summed E-state index contributed by atoms with van der Waals surface area (Å²) in [4.78, 5) is 42.3. The van der Waals surface area contributed by atoms with Crippen molar-refractivity contribution in [2.24, 2.45) is 5.92 Å². The van der Waals surface area contributed by atoms with Crippen LogP contribution in [0.3, 0.4) is 0 Å². The van der Waals surface area contributed by atoms with Crippen LogP contribution in [-0.4, -0.2) is 61.4 Å². The van der Waals surface area contributed by atoms with E-state index in [1.807, 2.05) is 37.3 Å². The monoisotopic (exact) mass is 630 g/mol. The summed E-state index contributed by atoms with van der Waals surface area (Å²) in [5.41, 5.74) is 1.64. The molecule has 0 radical (unpaired) electrons. The van der Waals surface area contributed by atoms with Gasteiger partial charge in [0, 0.05) is 35.2 Å². The zero-order valence-electron chi connectivity index (χ0n) is 24.1. The molecule has 4 rings (SSSR count). The molecule has 1 aliphatic rings. The second-order valence-corrected chi connectivity index (χ2v) is 10.9. The van der Waals surface area contributed by atoms with Gasteiger partial charge in [0.25, 0.3) is 5.91 Å². The van der Waals surface area contributed by atoms with Gasteiger partial charge in [-0.2, -0.15) is 0 Å². The predicted octanol–water partition coefficient (Wildman–Crippen LogP) is 5.00. The molecule has 3 aromatic rings. The van der Waals surface area contributed by atoms with Gasteiger partial charge >= 0.3 is 11.9 Å². The second-order valence-electron chi connectivity index (χ2n) is 10.1. The summed E-state index contributed by atoms with van der Waals surface area (Å²) < 4.78 is 28.6. The van der Waals surface area contributed by atoms with Crippen LogP contribution in [-0.2, 0) is 25.5 Å². The number of hydrogen-bond donors (Lipinski definition) is 1. The zero-order valence-corrected chi connectivity index (χ0v) is 25.6. The molecule has 2 heterocycles. The van der Waals surface area contributed by atoms with Gasteiger partial charge in [-0.3, -0.25) is 9.59 Å². The fraction of sp³-hybridized carbons (Fsp3) is 0.355. The van der Waals surface area contributed by atoms with Gasteiger partial charge in [0.1, 0.15) is 18.0 Å². The minimum atomic E-state index is -1.20. The van der Waals surface area contributed by atoms with Crippen molar-refractivity contribution >= 4 is 41.0 Å². The second kappa shape index (κ2) is 14.5. The lowest BCUT2D eigenvalue weighted by Gasteiger charge is -2.31. The molecule has 2 aromatic carbocycles. The molecule has 0 aliphatic carbocycles. The lowest BCUT2D eigenvalue weighted by molar-refractivity contribution is -0.156. The third kappa shape index (κ3) is 8.37. The highest BCUT2D eigenvalue weighted by Crippen LogP contribution is 2.31. The number of methoxy groups -OCH3 is 1. The molecule has 1 aliphatic heterocycles. The molecule has 43 heavy (non-hydrogen) atoms. The summed E-state index contributed by atoms with van der Waals surface area (Å²) in [6, 6.07) is 13.0. The molecule has 4 unspecified atom stereocenters. The summed E-state index contributed by atoms with van der Waals surface area (Å²) in [5.74, 6) is -1.97. The number of aryl methyl sites for hydroxylation is 1. The minimum absolute atomic E-state index is 0.122. The Hall–Kier alpha value is -3.86. The number of hydrogen-bond acceptors (Lipinski definition) is 9. The van der Waals surface area contributed by atoms with Crippen LogP contribution in [0.25, 0.3) is 0 Å². The van der Waals surface area contributed by atoms with Crippen LogP contribution in [0.5, 0.6) is 17.2 Å². The molecule has 0 spiro atoms. The third-order valence-electron chi connectivity index (χ3n) is 6.78. The summed E-state index contributed by atoms with van der Waals surface area (Å²) >= 11 is 12.6. The van der Waals surface area contributed by atoms with E-state index in [-0.39, 0.29) is 36.3 Å². The van der Waals surface area contributed by atoms with Gasteiger partial charge in [-0.15, -0.1) is 0 Å². The molecule has 0 saturated carbocycles. The summed E-state index contributed by atoms with van der Waals surface area (Å²) in [6.45, 7) is 4.82. The highest BCUT2D eigenvalue weighted by Gasteiger charge is 2.37. The first-order valence-electron chi connectivity index (χ1n) is 13.5. The first-order chi connectivity index (χ1) is 20.5. The molecule has 1 saturated heterocycles. The third-order valence-corrected chi connectivity index (χ3v) is 7.36. The van der Waals surface area contributed by atoms with E-state index >= 15 is 0 Å². The number of pyridine rings is 1. The van der Waals surface area contributed by atoms with Crippen molar-refractivity contribution in [3.8, 4) is 17.2 Å². The summed E-state index contributed by atoms with van der Waals surface area (Å²) in [7, 11) is 1.36. The normalized spacial score (nSPS) is 20.6. The summed E-state index contributed by atoms with van der Waals surface area (Å²) in [5, 5.41) is 3.59. The van der Waals surface area contributed by atoms with Crippen LogP contribution in [0.1, 0.15) is 35.5 Å². The van der Waals surface area contributed by atoms with Crippen LogP contribution in [0, 0.1) is 12.8 Å². The highest BCUT2D eigenvalue weighted by molar-refractivity contribution is 6.35. The van der Waals surface area contributed by atoms with Crippen LogP contribution in [0.4, 0.5) is 0 Å². The first-order valence-corrected chi connectivity index (χ1v) is 14.3. The number of benzene rings is 2. The number of cyclic esters (lactones) is 1. The van der Waals surface area contributed by atoms with Crippen molar-refractivity contribution in [2.75, 3.05) is 20.3 Å². The van der Waals surface area contributed by atoms with E-state index < -0.39 is 36.1 Å². The van der Waals surface area contributed by atoms with Crippen molar-refractivity contribution < 1.29 is 38.1 Å². The van der Waals surface area contributed by atoms with Gasteiger partial charge in [-0.05, 0) is 50.1 Å². The Morgan fingerprint density at radius 1 is 1.09 bits per heavy atom. The van der Waals surface area contributed by atoms with E-state index in [1.54, 1.807) is 19.1 Å². The van der Waals surface area contributed by atoms with Crippen molar-refractivity contribution in [1.29, 1.82) is 0 Å². The van der Waals surface area contributed by atoms with Crippen molar-refractivity contribution in [3.63, 3.8) is 0 Å². The standard InChI is InChI=1S/C31H32Cl2N2O8/c1-17-5-9-23(10-6-17)43-28-18(2)41-31(38)25(16-40-15-21(28)13-20-7-8-22(32)14-24(20)33)35-30(37)27-29(42-19(3)36)26(39-4)11-12-34-27/h5-12,14,18,21,25,28H,13,15-16H2,1-4H3,(H,35,37). The highest BCUT2D eigenvalue weighted by atomic mass is 35.5. The number of nitrogens with zero attached hydrogens (tertiary/aromatic N) is 1. The Morgan fingerprint density at radius 2 is 1.84 bits per heavy atom. The number of rotatable bonds is 8. The summed E-state index contributed by atoms with van der Waals surface area (Å²) in [6.07, 6.45) is 0.367. The molecule has 1 fully saturated rings. The Labute approximate surface area is 259 Å². The molecule has 0 bridgehead atoms. The van der Waals surface area contributed by atoms with Crippen LogP contribution in [0.2, 0.25) is 10.0 Å². The lowest BCUT2D eigenvalue weighted by Crippen LogP contribution is -2.47. The maximum Gasteiger partial charge on any atom is 0.331 e. The average Bonchev–Trinajstić information content (AvgIpc) is 3.00. The SMILES string of the molecule is COc1ccnc(C(=O)NC2COCC(Cc3ccc(Cl)cc3Cl)C(Oc3ccc(C)cc3)C(C)OC2=O)c1OC(C)=O. The van der Waals surface area contributed by atoms with Gasteiger partial charge < -0.3 is 29.0 Å². The largest absolute Gasteiger partial charge is 0.493 e. The van der Waals surface area contributed by atoms with E-state index in [2.05, 4.69) is 10.3 Å². The zero-order chi connectivity index (χ0) is 31.1. The lowest BCUT2D eigenvalue weighted by atomic mass is 9.91. The van der Waals surface area contributed by atoms with Crippen molar-refractivity contribution in [3.05, 3.63) is 81.6 Å². The molecule has 1 N–H and O–H groups in total. The van der Waals surface area contributed by atoms with E-state index in [0.717, 1.165) is 11.1 Å². The van der Waals surface area contributed by atoms with Gasteiger partial charge in [0.05, 0.1) is 20.3 Å². The van der Waals surface area contributed by atoms with Gasteiger partial charge in [-0.1, -0.05) is 47.0 Å². The number of halogens is 2. The molecule has 12 heteroatoms. The Bertz CT molecular complexity index is 1470. The Balaban J connectivity index is 1.59. The molecular weight excluding hydrogens is 599 g/mol. The predicted molar refractivity (Wildman–Crippen MR) is 159 cm³/mol. The maximum absolute atomic E-state index is 13.3. The Morgan fingerprint density at radius 3 is 2.51 bits per heavy atom. The van der Waals surface area contributed by atoms with Gasteiger partial charge in [-0.25, -0.2) is 9.78 Å². The molecule has 1 amide bonds. The fourth-order valence-corrected chi connectivity index (χ4v) is 5.13. The fourth-order valence-electron chi connectivity index (χ4n) is 4.65. The van der Waals surface area contributed by atoms with E-state index in [1.165, 1.54) is 26.3 Å². The van der Waals surface area contributed by atoms with Crippen LogP contribution in [0.15, 0.2) is 54.7 Å². The smallest absolute Gasteiger partial charge is 0.331 e. The number of amides is 1. The average molecular weight is 632 g/mol. The van der Waals surface area contributed by atoms with E-state index in [0.29, 0.717) is 22.2 Å². The van der Waals surface area contributed by atoms with Gasteiger partial charge in [0.15, 0.2) is 17.5 Å². The molecule has 228 valence electrons. The first kappa shape index (κ1) is 32.1. The number of ether oxygens (including phenoxy) is 5. The number of carbonyl (C=O) groups is 3. The molecular formula is C31H32Cl2N2O8. The maximum atomic E-state index is 13.3. The van der Waals surface area contributed by atoms with Crippen LogP contribution >= 0.6 is 23.2 Å². The van der Waals surface area contributed by atoms with E-state index in [4.69, 9.17) is 46.9 Å². The van der Waals surface area contributed by atoms with Crippen LogP contribution < -0.4 is 19.5 Å². The van der Waals surface area contributed by atoms with Gasteiger partial charge in [0.2, 0.25) is 5.75 Å². The number of aromatic nitrogens is 1. The Kier molecular flexibility index (Phi) is 10.8. The number of carbonyl (C=O) groups excluding carboxylic acids is 3. The number of esters is 2. The topological polar surface area (TPSA) is 122 Å². The van der Waals surface area contributed by atoms with Crippen molar-refractivity contribution in [2.45, 2.75) is 45.4 Å². The van der Waals surface area contributed by atoms with E-state index in [9.17, 15) is 14.4 Å². The quantitative estimate of drug-likeness (QED) is 0.343. The van der Waals surface area contributed by atoms with Crippen molar-refractivity contribution in [1.82, 2.24) is 10.3 Å².